The Morgan fingerprint density at radius 2 is 1.81 bits per heavy atom. The van der Waals surface area contributed by atoms with Crippen LogP contribution in [0.3, 0.4) is 0 Å². The fraction of sp³-hybridized carbons (Fsp3) is 0.867. The van der Waals surface area contributed by atoms with Crippen molar-refractivity contribution >= 4 is 12.0 Å². The summed E-state index contributed by atoms with van der Waals surface area (Å²) < 4.78 is 0. The van der Waals surface area contributed by atoms with Crippen molar-refractivity contribution < 1.29 is 19.8 Å². The molecule has 0 aromatic heterocycles. The summed E-state index contributed by atoms with van der Waals surface area (Å²) in [4.78, 5) is 24.5. The van der Waals surface area contributed by atoms with E-state index in [9.17, 15) is 14.7 Å². The lowest BCUT2D eigenvalue weighted by atomic mass is 9.81. The maximum Gasteiger partial charge on any atom is 0.326 e. The molecule has 6 heteroatoms. The van der Waals surface area contributed by atoms with E-state index in [-0.39, 0.29) is 19.0 Å². The highest BCUT2D eigenvalue weighted by atomic mass is 16.4. The molecule has 2 aliphatic rings. The van der Waals surface area contributed by atoms with Crippen LogP contribution in [-0.2, 0) is 4.79 Å². The number of aliphatic carboxylic acids is 1. The first-order valence-corrected chi connectivity index (χ1v) is 7.96. The van der Waals surface area contributed by atoms with Crippen molar-refractivity contribution in [2.24, 2.45) is 11.8 Å². The lowest BCUT2D eigenvalue weighted by molar-refractivity contribution is -0.141. The Morgan fingerprint density at radius 1 is 1.19 bits per heavy atom. The van der Waals surface area contributed by atoms with Crippen LogP contribution < -0.4 is 5.32 Å². The molecule has 1 saturated heterocycles. The van der Waals surface area contributed by atoms with Gasteiger partial charge in [0, 0.05) is 19.5 Å². The normalized spacial score (nSPS) is 33.0. The fourth-order valence-electron chi connectivity index (χ4n) is 3.45. The van der Waals surface area contributed by atoms with Gasteiger partial charge in [-0.2, -0.15) is 0 Å². The second-order valence-electron chi connectivity index (χ2n) is 6.38. The number of nitrogens with zero attached hydrogens (tertiary/aromatic N) is 1. The van der Waals surface area contributed by atoms with Crippen molar-refractivity contribution in [1.82, 2.24) is 10.2 Å². The van der Waals surface area contributed by atoms with Crippen LogP contribution in [0.15, 0.2) is 0 Å². The summed E-state index contributed by atoms with van der Waals surface area (Å²) in [5.41, 5.74) is 0. The monoisotopic (exact) mass is 298 g/mol. The highest BCUT2D eigenvalue weighted by molar-refractivity contribution is 5.83. The molecule has 1 heterocycles. The highest BCUT2D eigenvalue weighted by Gasteiger charge is 2.39. The Morgan fingerprint density at radius 3 is 2.38 bits per heavy atom. The van der Waals surface area contributed by atoms with E-state index in [2.05, 4.69) is 12.2 Å². The quantitative estimate of drug-likeness (QED) is 0.732. The Kier molecular flexibility index (Phi) is 5.45. The number of carboxylic acids is 1. The number of carbonyl (C=O) groups is 2. The molecular weight excluding hydrogens is 272 g/mol. The summed E-state index contributed by atoms with van der Waals surface area (Å²) in [6.45, 7) is 2.93. The molecule has 1 aliphatic carbocycles. The van der Waals surface area contributed by atoms with Gasteiger partial charge in [-0.1, -0.05) is 26.2 Å². The summed E-state index contributed by atoms with van der Waals surface area (Å²) in [6.07, 6.45) is 5.30. The number of carbonyl (C=O) groups excluding carboxylic acids is 1. The molecule has 1 saturated carbocycles. The van der Waals surface area contributed by atoms with E-state index in [1.807, 2.05) is 0 Å². The lowest BCUT2D eigenvalue weighted by Crippen LogP contribution is -2.47. The molecule has 1 aliphatic heterocycles. The van der Waals surface area contributed by atoms with E-state index in [1.54, 1.807) is 0 Å². The molecule has 2 atom stereocenters. The number of hydrogen-bond acceptors (Lipinski definition) is 3. The molecule has 2 amide bonds. The zero-order chi connectivity index (χ0) is 15.4. The van der Waals surface area contributed by atoms with Crippen LogP contribution in [0.2, 0.25) is 0 Å². The van der Waals surface area contributed by atoms with Crippen LogP contribution in [0.25, 0.3) is 0 Å². The fourth-order valence-corrected chi connectivity index (χ4v) is 3.45. The average Bonchev–Trinajstić information content (AvgIpc) is 2.87. The standard InChI is InChI=1S/C15H26N2O4/c1-2-10-3-5-11(6-4-10)8-16-15(21)17-9-12(18)7-13(17)14(19)20/h10-13,18H,2-9H2,1H3,(H,16,21)(H,19,20)/t10?,11?,12-,13+/m1/s1. The molecule has 0 radical (unpaired) electrons. The minimum absolute atomic E-state index is 0.103. The van der Waals surface area contributed by atoms with Gasteiger partial charge in [-0.15, -0.1) is 0 Å². The maximum absolute atomic E-state index is 12.1. The topological polar surface area (TPSA) is 89.9 Å². The number of hydrogen-bond donors (Lipinski definition) is 3. The Hall–Kier alpha value is -1.30. The minimum Gasteiger partial charge on any atom is -0.480 e. The first-order valence-electron chi connectivity index (χ1n) is 7.96. The molecule has 21 heavy (non-hydrogen) atoms. The number of amides is 2. The van der Waals surface area contributed by atoms with E-state index >= 15 is 0 Å². The van der Waals surface area contributed by atoms with Gasteiger partial charge in [0.05, 0.1) is 6.10 Å². The Labute approximate surface area is 125 Å². The minimum atomic E-state index is -1.05. The number of β-amino-alcohol motifs (C(OH)–C–C–N with tert-alkyl or cyclic N) is 1. The van der Waals surface area contributed by atoms with Crippen molar-refractivity contribution in [3.05, 3.63) is 0 Å². The first kappa shape index (κ1) is 16.1. The molecule has 3 N–H and O–H groups in total. The van der Waals surface area contributed by atoms with Gasteiger partial charge in [0.1, 0.15) is 6.04 Å². The third-order valence-corrected chi connectivity index (χ3v) is 4.91. The number of likely N-dealkylation sites (tertiary alicyclic amines) is 1. The highest BCUT2D eigenvalue weighted by Crippen LogP contribution is 2.30. The van der Waals surface area contributed by atoms with Crippen molar-refractivity contribution in [2.75, 3.05) is 13.1 Å². The van der Waals surface area contributed by atoms with Crippen LogP contribution in [-0.4, -0.2) is 52.3 Å². The van der Waals surface area contributed by atoms with Crippen LogP contribution in [0.1, 0.15) is 45.4 Å². The van der Waals surface area contributed by atoms with Gasteiger partial charge < -0.3 is 20.4 Å². The van der Waals surface area contributed by atoms with Gasteiger partial charge in [0.2, 0.25) is 0 Å². The van der Waals surface area contributed by atoms with Crippen LogP contribution in [0, 0.1) is 11.8 Å². The van der Waals surface area contributed by atoms with E-state index in [4.69, 9.17) is 5.11 Å². The molecule has 2 rings (SSSR count). The SMILES string of the molecule is CCC1CCC(CNC(=O)N2C[C@H](O)C[C@H]2C(=O)O)CC1. The average molecular weight is 298 g/mol. The molecule has 0 unspecified atom stereocenters. The Bertz CT molecular complexity index is 380. The van der Waals surface area contributed by atoms with Gasteiger partial charge >= 0.3 is 12.0 Å². The van der Waals surface area contributed by atoms with Crippen molar-refractivity contribution in [1.29, 1.82) is 0 Å². The second-order valence-corrected chi connectivity index (χ2v) is 6.38. The number of aliphatic hydroxyl groups is 1. The maximum atomic E-state index is 12.1. The van der Waals surface area contributed by atoms with Crippen LogP contribution in [0.4, 0.5) is 4.79 Å². The van der Waals surface area contributed by atoms with E-state index < -0.39 is 18.1 Å². The largest absolute Gasteiger partial charge is 0.480 e. The number of aliphatic hydroxyl groups excluding tert-OH is 1. The molecule has 120 valence electrons. The number of carboxylic acid groups (broad SMARTS) is 1. The van der Waals surface area contributed by atoms with Crippen molar-refractivity contribution in [3.8, 4) is 0 Å². The molecule has 2 fully saturated rings. The summed E-state index contributed by atoms with van der Waals surface area (Å²) in [5.74, 6) is 0.264. The van der Waals surface area contributed by atoms with Gasteiger partial charge in [0.15, 0.2) is 0 Å². The Balaban J connectivity index is 1.78. The molecule has 0 spiro atoms. The number of nitrogens with one attached hydrogen (secondary N) is 1. The summed E-state index contributed by atoms with van der Waals surface area (Å²) in [5, 5.41) is 21.5. The third-order valence-electron chi connectivity index (χ3n) is 4.91. The predicted octanol–water partition coefficient (Wildman–Crippen LogP) is 1.43. The summed E-state index contributed by atoms with van der Waals surface area (Å²) in [6, 6.07) is -1.27. The van der Waals surface area contributed by atoms with Gasteiger partial charge in [0.25, 0.3) is 0 Å². The van der Waals surface area contributed by atoms with E-state index in [1.165, 1.54) is 24.2 Å². The smallest absolute Gasteiger partial charge is 0.326 e. The van der Waals surface area contributed by atoms with Gasteiger partial charge in [-0.25, -0.2) is 9.59 Å². The zero-order valence-corrected chi connectivity index (χ0v) is 12.6. The summed E-state index contributed by atoms with van der Waals surface area (Å²) in [7, 11) is 0. The number of rotatable bonds is 4. The van der Waals surface area contributed by atoms with Gasteiger partial charge in [-0.3, -0.25) is 0 Å². The second kappa shape index (κ2) is 7.11. The molecule has 0 aromatic rings. The van der Waals surface area contributed by atoms with Crippen molar-refractivity contribution in [2.45, 2.75) is 57.6 Å². The van der Waals surface area contributed by atoms with Gasteiger partial charge in [-0.05, 0) is 24.7 Å². The van der Waals surface area contributed by atoms with Crippen LogP contribution in [0.5, 0.6) is 0 Å². The predicted molar refractivity (Wildman–Crippen MR) is 77.9 cm³/mol. The van der Waals surface area contributed by atoms with Crippen molar-refractivity contribution in [3.63, 3.8) is 0 Å². The molecular formula is C15H26N2O4. The molecule has 0 aromatic carbocycles. The summed E-state index contributed by atoms with van der Waals surface area (Å²) >= 11 is 0. The van der Waals surface area contributed by atoms with E-state index in [0.717, 1.165) is 18.8 Å². The van der Waals surface area contributed by atoms with Crippen LogP contribution >= 0.6 is 0 Å². The zero-order valence-electron chi connectivity index (χ0n) is 12.6. The molecule has 6 nitrogen and oxygen atoms in total. The molecule has 0 bridgehead atoms. The third kappa shape index (κ3) is 4.09. The lowest BCUT2D eigenvalue weighted by Gasteiger charge is -2.29. The van der Waals surface area contributed by atoms with E-state index in [0.29, 0.717) is 12.5 Å². The first-order chi connectivity index (χ1) is 10.0. The number of urea groups is 1.